The molecule has 0 amide bonds. The van der Waals surface area contributed by atoms with E-state index in [2.05, 4.69) is 69.4 Å². The Morgan fingerprint density at radius 3 is 2.46 bits per heavy atom. The normalized spacial score (nSPS) is 12.2. The van der Waals surface area contributed by atoms with E-state index in [4.69, 9.17) is 0 Å². The molecule has 0 saturated carbocycles. The van der Waals surface area contributed by atoms with Crippen LogP contribution >= 0.6 is 0 Å². The van der Waals surface area contributed by atoms with E-state index in [-0.39, 0.29) is 12.6 Å². The Morgan fingerprint density at radius 1 is 1.04 bits per heavy atom. The first-order valence-electron chi connectivity index (χ1n) is 9.57. The molecule has 0 radical (unpaired) electrons. The predicted molar refractivity (Wildman–Crippen MR) is 114 cm³/mol. The minimum atomic E-state index is -0.0514. The van der Waals surface area contributed by atoms with Crippen molar-refractivity contribution >= 4 is 16.9 Å². The molecule has 28 heavy (non-hydrogen) atoms. The van der Waals surface area contributed by atoms with Crippen molar-refractivity contribution in [1.29, 1.82) is 0 Å². The molecule has 2 aromatic carbocycles. The lowest BCUT2D eigenvalue weighted by Crippen LogP contribution is -2.23. The van der Waals surface area contributed by atoms with Gasteiger partial charge in [-0.15, -0.1) is 0 Å². The van der Waals surface area contributed by atoms with Crippen LogP contribution in [0.1, 0.15) is 18.9 Å². The molecule has 1 atom stereocenters. The molecule has 0 bridgehead atoms. The van der Waals surface area contributed by atoms with E-state index < -0.39 is 0 Å². The third kappa shape index (κ3) is 3.37. The minimum Gasteiger partial charge on any atom is -0.394 e. The highest BCUT2D eigenvalue weighted by atomic mass is 16.3. The average molecular weight is 372 g/mol. The van der Waals surface area contributed by atoms with Gasteiger partial charge in [0.2, 0.25) is 0 Å². The van der Waals surface area contributed by atoms with E-state index in [9.17, 15) is 5.11 Å². The number of aliphatic hydroxyl groups is 1. The largest absolute Gasteiger partial charge is 0.394 e. The van der Waals surface area contributed by atoms with Gasteiger partial charge in [-0.25, -0.2) is 9.97 Å². The van der Waals surface area contributed by atoms with Crippen LogP contribution in [0, 0.1) is 6.92 Å². The summed E-state index contributed by atoms with van der Waals surface area (Å²) in [6.45, 7) is 4.18. The molecule has 0 fully saturated rings. The molecule has 0 aliphatic heterocycles. The van der Waals surface area contributed by atoms with Crippen LogP contribution in [0.4, 0.5) is 5.82 Å². The van der Waals surface area contributed by atoms with E-state index >= 15 is 0 Å². The van der Waals surface area contributed by atoms with Gasteiger partial charge < -0.3 is 15.0 Å². The summed E-state index contributed by atoms with van der Waals surface area (Å²) in [6, 6.07) is 18.6. The first-order chi connectivity index (χ1) is 13.7. The zero-order valence-corrected chi connectivity index (χ0v) is 16.1. The lowest BCUT2D eigenvalue weighted by Gasteiger charge is -2.16. The van der Waals surface area contributed by atoms with Crippen LogP contribution in [0.2, 0.25) is 0 Å². The van der Waals surface area contributed by atoms with E-state index in [0.29, 0.717) is 0 Å². The van der Waals surface area contributed by atoms with Crippen molar-refractivity contribution in [3.8, 4) is 16.8 Å². The maximum absolute atomic E-state index is 9.64. The Bertz CT molecular complexity index is 1070. The molecule has 4 aromatic rings. The van der Waals surface area contributed by atoms with Gasteiger partial charge in [0.1, 0.15) is 12.1 Å². The maximum atomic E-state index is 9.64. The predicted octanol–water partition coefficient (Wildman–Crippen LogP) is 4.58. The third-order valence-electron chi connectivity index (χ3n) is 5.03. The summed E-state index contributed by atoms with van der Waals surface area (Å²) in [6.07, 6.45) is 4.50. The summed E-state index contributed by atoms with van der Waals surface area (Å²) in [5, 5.41) is 14.0. The van der Waals surface area contributed by atoms with Gasteiger partial charge in [-0.3, -0.25) is 0 Å². The van der Waals surface area contributed by atoms with Crippen LogP contribution in [0.5, 0.6) is 0 Å². The Hall–Kier alpha value is -3.18. The van der Waals surface area contributed by atoms with Crippen molar-refractivity contribution < 1.29 is 5.11 Å². The molecular formula is C23H24N4O. The lowest BCUT2D eigenvalue weighted by atomic mass is 10.1. The first-order valence-corrected chi connectivity index (χ1v) is 9.57. The van der Waals surface area contributed by atoms with Gasteiger partial charge in [0.05, 0.1) is 18.0 Å². The van der Waals surface area contributed by atoms with Gasteiger partial charge in [0, 0.05) is 17.4 Å². The zero-order valence-electron chi connectivity index (χ0n) is 16.1. The fourth-order valence-electron chi connectivity index (χ4n) is 3.38. The molecule has 5 nitrogen and oxygen atoms in total. The first kappa shape index (κ1) is 18.2. The number of aromatic nitrogens is 3. The summed E-state index contributed by atoms with van der Waals surface area (Å²) >= 11 is 0. The molecule has 2 N–H and O–H groups in total. The number of nitrogens with one attached hydrogen (secondary N) is 1. The zero-order chi connectivity index (χ0) is 19.5. The van der Waals surface area contributed by atoms with Crippen molar-refractivity contribution in [2.45, 2.75) is 26.3 Å². The van der Waals surface area contributed by atoms with Crippen LogP contribution in [0.3, 0.4) is 0 Å². The Labute approximate surface area is 164 Å². The quantitative estimate of drug-likeness (QED) is 0.520. The second-order valence-corrected chi connectivity index (χ2v) is 6.97. The monoisotopic (exact) mass is 372 g/mol. The number of hydrogen-bond acceptors (Lipinski definition) is 4. The second-order valence-electron chi connectivity index (χ2n) is 6.97. The number of anilines is 1. The summed E-state index contributed by atoms with van der Waals surface area (Å²) in [5.41, 5.74) is 5.28. The smallest absolute Gasteiger partial charge is 0.150 e. The number of rotatable bonds is 6. The molecule has 142 valence electrons. The SMILES string of the molecule is CCC(CO)Nc1ncnc2c1c(-c1ccccc1)cn2-c1ccc(C)cc1. The topological polar surface area (TPSA) is 63.0 Å². The Morgan fingerprint density at radius 2 is 1.79 bits per heavy atom. The summed E-state index contributed by atoms with van der Waals surface area (Å²) in [4.78, 5) is 9.10. The van der Waals surface area contributed by atoms with Crippen LogP contribution in [-0.2, 0) is 0 Å². The van der Waals surface area contributed by atoms with Crippen LogP contribution in [-0.4, -0.2) is 32.3 Å². The molecule has 0 saturated heterocycles. The second kappa shape index (κ2) is 7.82. The highest BCUT2D eigenvalue weighted by molar-refractivity contribution is 6.02. The molecule has 4 rings (SSSR count). The standard InChI is InChI=1S/C23H24N4O/c1-3-18(14-28)26-22-21-20(17-7-5-4-6-8-17)13-27(23(21)25-15-24-22)19-11-9-16(2)10-12-19/h4-13,15,18,28H,3,14H2,1-2H3,(H,24,25,26). The lowest BCUT2D eigenvalue weighted by molar-refractivity contribution is 0.271. The van der Waals surface area contributed by atoms with Gasteiger partial charge in [-0.2, -0.15) is 0 Å². The average Bonchev–Trinajstić information content (AvgIpc) is 3.14. The molecule has 0 aliphatic rings. The van der Waals surface area contributed by atoms with E-state index in [0.717, 1.165) is 40.1 Å². The molecule has 5 heteroatoms. The number of aryl methyl sites for hydroxylation is 1. The van der Waals surface area contributed by atoms with E-state index in [1.165, 1.54) is 5.56 Å². The van der Waals surface area contributed by atoms with Gasteiger partial charge >= 0.3 is 0 Å². The van der Waals surface area contributed by atoms with Crippen LogP contribution in [0.15, 0.2) is 67.1 Å². The molecule has 1 unspecified atom stereocenters. The summed E-state index contributed by atoms with van der Waals surface area (Å²) < 4.78 is 2.10. The number of fused-ring (bicyclic) bond motifs is 1. The van der Waals surface area contributed by atoms with Gasteiger partial charge in [-0.05, 0) is 31.0 Å². The fraction of sp³-hybridized carbons (Fsp3) is 0.217. The fourth-order valence-corrected chi connectivity index (χ4v) is 3.38. The van der Waals surface area contributed by atoms with E-state index in [1.54, 1.807) is 6.33 Å². The van der Waals surface area contributed by atoms with Crippen molar-refractivity contribution in [2.75, 3.05) is 11.9 Å². The molecular weight excluding hydrogens is 348 g/mol. The van der Waals surface area contributed by atoms with Gasteiger partial charge in [-0.1, -0.05) is 55.0 Å². The highest BCUT2D eigenvalue weighted by Gasteiger charge is 2.18. The summed E-state index contributed by atoms with van der Waals surface area (Å²) in [7, 11) is 0. The van der Waals surface area contributed by atoms with Crippen molar-refractivity contribution in [3.63, 3.8) is 0 Å². The van der Waals surface area contributed by atoms with Gasteiger partial charge in [0.15, 0.2) is 5.65 Å². The Balaban J connectivity index is 1.96. The van der Waals surface area contributed by atoms with Crippen molar-refractivity contribution in [2.24, 2.45) is 0 Å². The molecule has 0 aliphatic carbocycles. The van der Waals surface area contributed by atoms with Crippen LogP contribution < -0.4 is 5.32 Å². The maximum Gasteiger partial charge on any atom is 0.150 e. The molecule has 0 spiro atoms. The third-order valence-corrected chi connectivity index (χ3v) is 5.03. The summed E-state index contributed by atoms with van der Waals surface area (Å²) in [5.74, 6) is 0.746. The van der Waals surface area contributed by atoms with Gasteiger partial charge in [0.25, 0.3) is 0 Å². The molecule has 2 heterocycles. The van der Waals surface area contributed by atoms with Crippen molar-refractivity contribution in [1.82, 2.24) is 14.5 Å². The molecule has 2 aromatic heterocycles. The number of benzene rings is 2. The number of hydrogen-bond donors (Lipinski definition) is 2. The van der Waals surface area contributed by atoms with Crippen LogP contribution in [0.25, 0.3) is 27.8 Å². The number of nitrogens with zero attached hydrogens (tertiary/aromatic N) is 3. The Kier molecular flexibility index (Phi) is 5.08. The van der Waals surface area contributed by atoms with Crippen molar-refractivity contribution in [3.05, 3.63) is 72.7 Å². The number of aliphatic hydroxyl groups excluding tert-OH is 1. The van der Waals surface area contributed by atoms with E-state index in [1.807, 2.05) is 25.1 Å². The minimum absolute atomic E-state index is 0.0514. The highest BCUT2D eigenvalue weighted by Crippen LogP contribution is 2.35.